The zero-order chi connectivity index (χ0) is 26.8. The van der Waals surface area contributed by atoms with Crippen LogP contribution in [-0.2, 0) is 6.54 Å². The van der Waals surface area contributed by atoms with Crippen LogP contribution in [0.1, 0.15) is 65.6 Å². The Bertz CT molecular complexity index is 1300. The molecule has 3 N–H and O–H groups in total. The van der Waals surface area contributed by atoms with Gasteiger partial charge in [0, 0.05) is 31.3 Å². The van der Waals surface area contributed by atoms with Gasteiger partial charge in [0.1, 0.15) is 11.9 Å². The highest BCUT2D eigenvalue weighted by Crippen LogP contribution is 2.49. The average Bonchev–Trinajstić information content (AvgIpc) is 3.14. The van der Waals surface area contributed by atoms with Gasteiger partial charge >= 0.3 is 5.97 Å². The van der Waals surface area contributed by atoms with E-state index in [1.165, 1.54) is 6.42 Å². The number of benzene rings is 2. The van der Waals surface area contributed by atoms with Crippen molar-refractivity contribution in [1.82, 2.24) is 9.97 Å². The summed E-state index contributed by atoms with van der Waals surface area (Å²) in [7, 11) is 1.95. The van der Waals surface area contributed by atoms with Crippen LogP contribution >= 0.6 is 11.6 Å². The fraction of sp³-hybridized carbons (Fsp3) is 0.414. The maximum atomic E-state index is 12.1. The number of anilines is 3. The van der Waals surface area contributed by atoms with E-state index >= 15 is 0 Å². The number of carboxylic acid groups (broad SMARTS) is 1. The lowest BCUT2D eigenvalue weighted by Gasteiger charge is -2.36. The van der Waals surface area contributed by atoms with Crippen molar-refractivity contribution in [2.24, 2.45) is 5.92 Å². The SMILES string of the molecule is Cc1cccc([C@H]2N(C)c3nc(C(=O)O)nc(N[C@H](CCCO)C4CCC4)c3N2Cc2ccc(Cl)cc2)c1. The quantitative estimate of drug-likeness (QED) is 0.306. The predicted octanol–water partition coefficient (Wildman–Crippen LogP) is 5.64. The molecule has 8 nitrogen and oxygen atoms in total. The summed E-state index contributed by atoms with van der Waals surface area (Å²) in [4.78, 5) is 25.4. The molecule has 0 saturated heterocycles. The van der Waals surface area contributed by atoms with E-state index in [1.54, 1.807) is 0 Å². The van der Waals surface area contributed by atoms with Gasteiger partial charge in [-0.1, -0.05) is 60.0 Å². The number of nitrogens with zero attached hydrogens (tertiary/aromatic N) is 4. The lowest BCUT2D eigenvalue weighted by Crippen LogP contribution is -2.36. The number of hydrogen-bond donors (Lipinski definition) is 3. The minimum absolute atomic E-state index is 0.0947. The van der Waals surface area contributed by atoms with Gasteiger partial charge in [0.25, 0.3) is 0 Å². The fourth-order valence-corrected chi connectivity index (χ4v) is 5.66. The number of hydrogen-bond acceptors (Lipinski definition) is 7. The predicted molar refractivity (Wildman–Crippen MR) is 150 cm³/mol. The van der Waals surface area contributed by atoms with Crippen molar-refractivity contribution in [3.63, 3.8) is 0 Å². The summed E-state index contributed by atoms with van der Waals surface area (Å²) in [5.41, 5.74) is 4.07. The standard InChI is InChI=1S/C29H34ClN5O3/c1-18-6-3-9-21(16-18)28-34(2)27-24(35(28)17-19-11-13-22(30)14-12-19)25(32-26(33-27)29(37)38)31-23(10-5-15-36)20-7-4-8-20/h3,6,9,11-14,16,20,23,28,36H,4-5,7-8,10,15,17H2,1-2H3,(H,37,38)(H,31,32,33)/t23-,28+/m1/s1. The molecule has 0 radical (unpaired) electrons. The molecule has 200 valence electrons. The molecule has 1 aromatic heterocycles. The van der Waals surface area contributed by atoms with Crippen LogP contribution in [0.15, 0.2) is 48.5 Å². The maximum Gasteiger partial charge on any atom is 0.374 e. The molecule has 1 fully saturated rings. The van der Waals surface area contributed by atoms with Crippen LogP contribution in [0, 0.1) is 12.8 Å². The number of carbonyl (C=O) groups is 1. The molecule has 2 heterocycles. The fourth-order valence-electron chi connectivity index (χ4n) is 5.54. The first-order valence-corrected chi connectivity index (χ1v) is 13.6. The number of aliphatic hydroxyl groups is 1. The molecule has 3 aromatic rings. The molecule has 5 rings (SSSR count). The van der Waals surface area contributed by atoms with E-state index in [2.05, 4.69) is 45.3 Å². The van der Waals surface area contributed by atoms with Gasteiger partial charge in [0.15, 0.2) is 11.6 Å². The highest BCUT2D eigenvalue weighted by Gasteiger charge is 2.40. The first-order chi connectivity index (χ1) is 18.4. The first-order valence-electron chi connectivity index (χ1n) is 13.2. The minimum Gasteiger partial charge on any atom is -0.475 e. The van der Waals surface area contributed by atoms with E-state index in [0.29, 0.717) is 35.5 Å². The first kappa shape index (κ1) is 26.3. The van der Waals surface area contributed by atoms with Crippen LogP contribution < -0.4 is 15.1 Å². The second-order valence-electron chi connectivity index (χ2n) is 10.3. The summed E-state index contributed by atoms with van der Waals surface area (Å²) in [5.74, 6) is 0.178. The number of aryl methyl sites for hydroxylation is 1. The molecule has 1 aliphatic carbocycles. The van der Waals surface area contributed by atoms with Gasteiger partial charge in [-0.3, -0.25) is 0 Å². The molecule has 1 aliphatic heterocycles. The lowest BCUT2D eigenvalue weighted by atomic mass is 9.78. The highest BCUT2D eigenvalue weighted by atomic mass is 35.5. The Morgan fingerprint density at radius 3 is 2.58 bits per heavy atom. The van der Waals surface area contributed by atoms with Crippen LogP contribution in [0.2, 0.25) is 5.02 Å². The van der Waals surface area contributed by atoms with Crippen molar-refractivity contribution in [2.45, 2.75) is 57.8 Å². The van der Waals surface area contributed by atoms with Crippen molar-refractivity contribution in [2.75, 3.05) is 28.8 Å². The summed E-state index contributed by atoms with van der Waals surface area (Å²) < 4.78 is 0. The number of rotatable bonds is 10. The zero-order valence-corrected chi connectivity index (χ0v) is 22.5. The summed E-state index contributed by atoms with van der Waals surface area (Å²) >= 11 is 6.17. The third-order valence-electron chi connectivity index (χ3n) is 7.66. The zero-order valence-electron chi connectivity index (χ0n) is 21.8. The van der Waals surface area contributed by atoms with Gasteiger partial charge in [-0.25, -0.2) is 14.8 Å². The molecular weight excluding hydrogens is 502 g/mol. The third-order valence-corrected chi connectivity index (χ3v) is 7.91. The molecule has 0 unspecified atom stereocenters. The van der Waals surface area contributed by atoms with Crippen molar-refractivity contribution < 1.29 is 15.0 Å². The summed E-state index contributed by atoms with van der Waals surface area (Å²) in [6.07, 6.45) is 4.67. The van der Waals surface area contributed by atoms with E-state index in [4.69, 9.17) is 11.6 Å². The molecule has 9 heteroatoms. The number of aromatic carboxylic acids is 1. The van der Waals surface area contributed by atoms with Crippen LogP contribution in [0.4, 0.5) is 17.3 Å². The number of aliphatic hydroxyl groups excluding tert-OH is 1. The van der Waals surface area contributed by atoms with Crippen LogP contribution in [0.3, 0.4) is 0 Å². The number of fused-ring (bicyclic) bond motifs is 1. The molecule has 2 aromatic carbocycles. The van der Waals surface area contributed by atoms with Crippen LogP contribution in [-0.4, -0.2) is 45.8 Å². The van der Waals surface area contributed by atoms with E-state index < -0.39 is 5.97 Å². The second-order valence-corrected chi connectivity index (χ2v) is 10.8. The Kier molecular flexibility index (Phi) is 7.72. The number of nitrogens with one attached hydrogen (secondary N) is 1. The summed E-state index contributed by atoms with van der Waals surface area (Å²) in [6.45, 7) is 2.74. The number of carboxylic acids is 1. The van der Waals surface area contributed by atoms with E-state index in [0.717, 1.165) is 41.6 Å². The monoisotopic (exact) mass is 535 g/mol. The van der Waals surface area contributed by atoms with Gasteiger partial charge < -0.3 is 25.3 Å². The third kappa shape index (κ3) is 5.28. The number of aromatic nitrogens is 2. The second kappa shape index (κ2) is 11.2. The van der Waals surface area contributed by atoms with E-state index in [9.17, 15) is 15.0 Å². The Morgan fingerprint density at radius 1 is 1.18 bits per heavy atom. The van der Waals surface area contributed by atoms with Gasteiger partial charge in [-0.05, 0) is 61.8 Å². The van der Waals surface area contributed by atoms with Gasteiger partial charge in [-0.15, -0.1) is 0 Å². The molecule has 0 amide bonds. The molecule has 0 spiro atoms. The summed E-state index contributed by atoms with van der Waals surface area (Å²) in [6, 6.07) is 16.2. The summed E-state index contributed by atoms with van der Waals surface area (Å²) in [5, 5.41) is 23.7. The van der Waals surface area contributed by atoms with Crippen LogP contribution in [0.5, 0.6) is 0 Å². The van der Waals surface area contributed by atoms with E-state index in [-0.39, 0.29) is 24.6 Å². The van der Waals surface area contributed by atoms with Crippen molar-refractivity contribution in [1.29, 1.82) is 0 Å². The Balaban J connectivity index is 1.63. The van der Waals surface area contributed by atoms with Gasteiger partial charge in [-0.2, -0.15) is 0 Å². The van der Waals surface area contributed by atoms with Crippen molar-refractivity contribution >= 4 is 34.9 Å². The van der Waals surface area contributed by atoms with Crippen molar-refractivity contribution in [3.05, 3.63) is 76.1 Å². The topological polar surface area (TPSA) is 102 Å². The van der Waals surface area contributed by atoms with Crippen LogP contribution in [0.25, 0.3) is 0 Å². The van der Waals surface area contributed by atoms with Gasteiger partial charge in [0.05, 0.1) is 0 Å². The Labute approximate surface area is 228 Å². The molecule has 38 heavy (non-hydrogen) atoms. The molecule has 2 atom stereocenters. The number of halogens is 1. The minimum atomic E-state index is -1.16. The largest absolute Gasteiger partial charge is 0.475 e. The normalized spacial score (nSPS) is 17.7. The molecule has 1 saturated carbocycles. The van der Waals surface area contributed by atoms with E-state index in [1.807, 2.05) is 42.3 Å². The Morgan fingerprint density at radius 2 is 1.95 bits per heavy atom. The molecule has 0 bridgehead atoms. The van der Waals surface area contributed by atoms with Gasteiger partial charge in [0.2, 0.25) is 5.82 Å². The highest BCUT2D eigenvalue weighted by molar-refractivity contribution is 6.30. The molecule has 2 aliphatic rings. The molecular formula is C29H34ClN5O3. The maximum absolute atomic E-state index is 12.1. The average molecular weight is 536 g/mol. The van der Waals surface area contributed by atoms with Crippen molar-refractivity contribution in [3.8, 4) is 0 Å². The lowest BCUT2D eigenvalue weighted by molar-refractivity contribution is 0.0683. The smallest absolute Gasteiger partial charge is 0.374 e. The Hall–Kier alpha value is -3.36.